The summed E-state index contributed by atoms with van der Waals surface area (Å²) in [6.07, 6.45) is 3.13. The number of nitrogens with zero attached hydrogens (tertiary/aromatic N) is 2. The second-order valence-corrected chi connectivity index (χ2v) is 11.4. The highest BCUT2D eigenvalue weighted by atomic mass is 32.2. The topological polar surface area (TPSA) is 86.8 Å². The number of hydrogen-bond acceptors (Lipinski definition) is 4. The Morgan fingerprint density at radius 3 is 2.05 bits per heavy atom. The molecule has 208 valence electrons. The number of benzene rings is 3. The van der Waals surface area contributed by atoms with Crippen LogP contribution in [-0.2, 0) is 32.5 Å². The van der Waals surface area contributed by atoms with Gasteiger partial charge in [0.15, 0.2) is 0 Å². The number of carbonyl (C=O) groups is 2. The van der Waals surface area contributed by atoms with Crippen LogP contribution in [0.25, 0.3) is 0 Å². The quantitative estimate of drug-likeness (QED) is 0.292. The van der Waals surface area contributed by atoms with Crippen LogP contribution < -0.4 is 9.62 Å². The zero-order valence-corrected chi connectivity index (χ0v) is 23.9. The van der Waals surface area contributed by atoms with Crippen LogP contribution in [0.5, 0.6) is 0 Å². The molecule has 0 aliphatic rings. The van der Waals surface area contributed by atoms with E-state index in [2.05, 4.69) is 5.32 Å². The summed E-state index contributed by atoms with van der Waals surface area (Å²) in [7, 11) is -4.05. The maximum absolute atomic E-state index is 13.9. The predicted octanol–water partition coefficient (Wildman–Crippen LogP) is 4.82. The molecule has 0 radical (unpaired) electrons. The van der Waals surface area contributed by atoms with E-state index in [0.29, 0.717) is 18.7 Å². The summed E-state index contributed by atoms with van der Waals surface area (Å²) in [4.78, 5) is 28.4. The molecule has 0 saturated heterocycles. The van der Waals surface area contributed by atoms with Gasteiger partial charge in [-0.15, -0.1) is 0 Å². The maximum Gasteiger partial charge on any atom is 0.264 e. The minimum absolute atomic E-state index is 0.0959. The van der Waals surface area contributed by atoms with Crippen molar-refractivity contribution in [3.05, 3.63) is 96.1 Å². The van der Waals surface area contributed by atoms with Gasteiger partial charge < -0.3 is 10.2 Å². The number of rotatable bonds is 14. The van der Waals surface area contributed by atoms with Gasteiger partial charge in [0.05, 0.1) is 10.6 Å². The smallest absolute Gasteiger partial charge is 0.264 e. The molecule has 7 nitrogen and oxygen atoms in total. The summed E-state index contributed by atoms with van der Waals surface area (Å²) in [6.45, 7) is 6.13. The highest BCUT2D eigenvalue weighted by Gasteiger charge is 2.32. The number of unbranched alkanes of at least 4 members (excludes halogenated alkanes) is 1. The van der Waals surface area contributed by atoms with Gasteiger partial charge >= 0.3 is 0 Å². The van der Waals surface area contributed by atoms with Crippen molar-refractivity contribution in [2.45, 2.75) is 57.4 Å². The lowest BCUT2D eigenvalue weighted by molar-refractivity contribution is -0.138. The second kappa shape index (κ2) is 14.5. The van der Waals surface area contributed by atoms with E-state index in [1.807, 2.05) is 56.3 Å². The molecule has 3 aromatic carbocycles. The van der Waals surface area contributed by atoms with Gasteiger partial charge in [-0.3, -0.25) is 13.9 Å². The first-order valence-electron chi connectivity index (χ1n) is 13.6. The maximum atomic E-state index is 13.9. The summed E-state index contributed by atoms with van der Waals surface area (Å²) in [5, 5.41) is 2.91. The van der Waals surface area contributed by atoms with Crippen LogP contribution in [0.15, 0.2) is 89.8 Å². The van der Waals surface area contributed by atoms with E-state index >= 15 is 0 Å². The third kappa shape index (κ3) is 8.17. The normalized spacial score (nSPS) is 12.0. The molecule has 3 aromatic rings. The van der Waals surface area contributed by atoms with Crippen molar-refractivity contribution in [3.8, 4) is 0 Å². The Bertz CT molecular complexity index is 1300. The fraction of sp³-hybridized carbons (Fsp3) is 0.355. The second-order valence-electron chi connectivity index (χ2n) is 9.49. The van der Waals surface area contributed by atoms with Crippen molar-refractivity contribution in [1.82, 2.24) is 10.2 Å². The number of sulfonamides is 1. The highest BCUT2D eigenvalue weighted by molar-refractivity contribution is 7.92. The Morgan fingerprint density at radius 1 is 0.846 bits per heavy atom. The summed E-state index contributed by atoms with van der Waals surface area (Å²) >= 11 is 0. The van der Waals surface area contributed by atoms with E-state index in [4.69, 9.17) is 0 Å². The third-order valence-electron chi connectivity index (χ3n) is 6.72. The lowest BCUT2D eigenvalue weighted by atomic mass is 10.1. The van der Waals surface area contributed by atoms with Crippen LogP contribution in [0.3, 0.4) is 0 Å². The SMILES string of the molecule is CCCCNC(=O)C(C)N(CCc1ccccc1)C(=O)CN(c1ccc(CC)cc1)S(=O)(=O)c1ccccc1. The lowest BCUT2D eigenvalue weighted by Gasteiger charge is -2.32. The largest absolute Gasteiger partial charge is 0.354 e. The first-order valence-corrected chi connectivity index (χ1v) is 15.0. The van der Waals surface area contributed by atoms with Crippen molar-refractivity contribution in [2.24, 2.45) is 0 Å². The van der Waals surface area contributed by atoms with Gasteiger partial charge in [-0.1, -0.05) is 80.9 Å². The average Bonchev–Trinajstić information content (AvgIpc) is 2.97. The minimum atomic E-state index is -4.05. The molecule has 39 heavy (non-hydrogen) atoms. The van der Waals surface area contributed by atoms with Gasteiger partial charge in [-0.25, -0.2) is 8.42 Å². The van der Waals surface area contributed by atoms with Crippen molar-refractivity contribution in [1.29, 1.82) is 0 Å². The first-order chi connectivity index (χ1) is 18.8. The molecule has 0 heterocycles. The Balaban J connectivity index is 1.93. The van der Waals surface area contributed by atoms with Gasteiger partial charge in [0.1, 0.15) is 12.6 Å². The number of hydrogen-bond donors (Lipinski definition) is 1. The van der Waals surface area contributed by atoms with E-state index in [9.17, 15) is 18.0 Å². The van der Waals surface area contributed by atoms with Crippen LogP contribution >= 0.6 is 0 Å². The molecule has 0 aromatic heterocycles. The number of amides is 2. The van der Waals surface area contributed by atoms with Crippen molar-refractivity contribution in [2.75, 3.05) is 23.9 Å². The molecule has 0 bridgehead atoms. The number of anilines is 1. The number of nitrogens with one attached hydrogen (secondary N) is 1. The molecular formula is C31H39N3O4S. The molecule has 1 atom stereocenters. The molecule has 3 rings (SSSR count). The fourth-order valence-corrected chi connectivity index (χ4v) is 5.69. The molecule has 0 spiro atoms. The Kier molecular flexibility index (Phi) is 11.1. The molecule has 1 N–H and O–H groups in total. The fourth-order valence-electron chi connectivity index (χ4n) is 4.25. The summed E-state index contributed by atoms with van der Waals surface area (Å²) in [5.74, 6) is -0.697. The van der Waals surface area contributed by atoms with Crippen LogP contribution in [-0.4, -0.2) is 50.8 Å². The van der Waals surface area contributed by atoms with Crippen LogP contribution in [0.4, 0.5) is 5.69 Å². The van der Waals surface area contributed by atoms with E-state index < -0.39 is 28.5 Å². The van der Waals surface area contributed by atoms with Gasteiger partial charge in [0.2, 0.25) is 11.8 Å². The molecule has 8 heteroatoms. The molecule has 1 unspecified atom stereocenters. The van der Waals surface area contributed by atoms with E-state index in [1.165, 1.54) is 17.0 Å². The number of carbonyl (C=O) groups excluding carboxylic acids is 2. The summed E-state index contributed by atoms with van der Waals surface area (Å²) in [5.41, 5.74) is 2.48. The third-order valence-corrected chi connectivity index (χ3v) is 8.51. The monoisotopic (exact) mass is 549 g/mol. The molecule has 2 amide bonds. The summed E-state index contributed by atoms with van der Waals surface area (Å²) in [6, 6.07) is 24.2. The molecule has 0 aliphatic heterocycles. The lowest BCUT2D eigenvalue weighted by Crippen LogP contribution is -2.52. The molecule has 0 aliphatic carbocycles. The van der Waals surface area contributed by atoms with E-state index in [0.717, 1.165) is 34.7 Å². The van der Waals surface area contributed by atoms with Crippen LogP contribution in [0.2, 0.25) is 0 Å². The van der Waals surface area contributed by atoms with Crippen LogP contribution in [0.1, 0.15) is 44.7 Å². The van der Waals surface area contributed by atoms with Gasteiger partial charge in [-0.2, -0.15) is 0 Å². The standard InChI is InChI=1S/C31H39N3O4S/c1-4-6-22-32-31(36)25(3)33(23-21-27-13-9-7-10-14-27)30(35)24-34(28-19-17-26(5-2)18-20-28)39(37,38)29-15-11-8-12-16-29/h7-20,25H,4-6,21-24H2,1-3H3,(H,32,36). The zero-order chi connectivity index (χ0) is 28.3. The molecular weight excluding hydrogens is 510 g/mol. The van der Waals surface area contributed by atoms with Crippen molar-refractivity contribution >= 4 is 27.5 Å². The minimum Gasteiger partial charge on any atom is -0.354 e. The number of aryl methyl sites for hydroxylation is 1. The van der Waals surface area contributed by atoms with Gasteiger partial charge in [-0.05, 0) is 61.6 Å². The van der Waals surface area contributed by atoms with E-state index in [1.54, 1.807) is 37.3 Å². The molecule has 0 saturated carbocycles. The van der Waals surface area contributed by atoms with Crippen molar-refractivity contribution in [3.63, 3.8) is 0 Å². The zero-order valence-electron chi connectivity index (χ0n) is 23.0. The Labute approximate surface area is 232 Å². The highest BCUT2D eigenvalue weighted by Crippen LogP contribution is 2.25. The molecule has 0 fully saturated rings. The average molecular weight is 550 g/mol. The first kappa shape index (κ1) is 29.9. The van der Waals surface area contributed by atoms with E-state index in [-0.39, 0.29) is 17.3 Å². The predicted molar refractivity (Wildman–Crippen MR) is 156 cm³/mol. The Morgan fingerprint density at radius 2 is 1.46 bits per heavy atom. The van der Waals surface area contributed by atoms with Crippen LogP contribution in [0, 0.1) is 0 Å². The van der Waals surface area contributed by atoms with Gasteiger partial charge in [0.25, 0.3) is 10.0 Å². The summed E-state index contributed by atoms with van der Waals surface area (Å²) < 4.78 is 28.7. The van der Waals surface area contributed by atoms with Crippen molar-refractivity contribution < 1.29 is 18.0 Å². The Hall–Kier alpha value is -3.65. The van der Waals surface area contributed by atoms with Gasteiger partial charge in [0, 0.05) is 13.1 Å².